The summed E-state index contributed by atoms with van der Waals surface area (Å²) in [5.74, 6) is 0.387. The fourth-order valence-electron chi connectivity index (χ4n) is 2.38. The van der Waals surface area contributed by atoms with Gasteiger partial charge >= 0.3 is 0 Å². The molecule has 1 aliphatic heterocycles. The van der Waals surface area contributed by atoms with E-state index in [1.807, 2.05) is 30.5 Å². The van der Waals surface area contributed by atoms with E-state index in [1.165, 1.54) is 4.90 Å². The summed E-state index contributed by atoms with van der Waals surface area (Å²) in [6, 6.07) is 5.56. The minimum atomic E-state index is -0.587. The minimum Gasteiger partial charge on any atom is -0.479 e. The Hall–Kier alpha value is -1.95. The molecule has 1 aromatic heterocycles. The van der Waals surface area contributed by atoms with Gasteiger partial charge in [-0.2, -0.15) is 0 Å². The molecule has 1 unspecified atom stereocenters. The second-order valence-electron chi connectivity index (χ2n) is 4.87. The number of carbonyl (C=O) groups excluding carboxylic acids is 1. The van der Waals surface area contributed by atoms with Gasteiger partial charge in [0, 0.05) is 10.9 Å². The van der Waals surface area contributed by atoms with Crippen LogP contribution in [0.1, 0.15) is 11.9 Å². The standard InChI is InChI=1S/C15H15FN2O2S/c1-9-15(19)18(6-5-16)13-7-11(3-4-14(13)20-9)12-8-21-10(2)17-12/h3-4,7-9H,5-6H2,1-2H3. The summed E-state index contributed by atoms with van der Waals surface area (Å²) >= 11 is 1.57. The number of hydrogen-bond donors (Lipinski definition) is 0. The molecule has 1 aromatic carbocycles. The number of benzene rings is 1. The van der Waals surface area contributed by atoms with Crippen LogP contribution in [0.3, 0.4) is 0 Å². The summed E-state index contributed by atoms with van der Waals surface area (Å²) in [5.41, 5.74) is 2.36. The number of amides is 1. The lowest BCUT2D eigenvalue weighted by molar-refractivity contribution is -0.125. The Balaban J connectivity index is 2.05. The van der Waals surface area contributed by atoms with Crippen LogP contribution in [0.4, 0.5) is 10.1 Å². The molecule has 0 saturated carbocycles. The zero-order valence-electron chi connectivity index (χ0n) is 11.8. The van der Waals surface area contributed by atoms with Crippen molar-refractivity contribution in [3.05, 3.63) is 28.6 Å². The van der Waals surface area contributed by atoms with Crippen LogP contribution in [0.15, 0.2) is 23.6 Å². The van der Waals surface area contributed by atoms with Gasteiger partial charge in [-0.3, -0.25) is 4.79 Å². The number of aromatic nitrogens is 1. The SMILES string of the molecule is Cc1nc(-c2ccc3c(c2)N(CCF)C(=O)C(C)O3)cs1. The topological polar surface area (TPSA) is 42.4 Å². The number of nitrogens with zero attached hydrogens (tertiary/aromatic N) is 2. The summed E-state index contributed by atoms with van der Waals surface area (Å²) in [4.78, 5) is 18.0. The molecule has 1 atom stereocenters. The van der Waals surface area contributed by atoms with Gasteiger partial charge < -0.3 is 9.64 Å². The third-order valence-electron chi connectivity index (χ3n) is 3.39. The van der Waals surface area contributed by atoms with E-state index in [-0.39, 0.29) is 12.5 Å². The Bertz CT molecular complexity index is 686. The highest BCUT2D eigenvalue weighted by molar-refractivity contribution is 7.09. The van der Waals surface area contributed by atoms with Crippen LogP contribution in [-0.2, 0) is 4.79 Å². The number of halogens is 1. The summed E-state index contributed by atoms with van der Waals surface area (Å²) in [6.45, 7) is 3.07. The average molecular weight is 306 g/mol. The van der Waals surface area contributed by atoms with Crippen LogP contribution >= 0.6 is 11.3 Å². The maximum Gasteiger partial charge on any atom is 0.267 e. The molecule has 4 nitrogen and oxygen atoms in total. The monoisotopic (exact) mass is 306 g/mol. The van der Waals surface area contributed by atoms with Gasteiger partial charge in [-0.05, 0) is 32.0 Å². The van der Waals surface area contributed by atoms with Crippen LogP contribution in [0.5, 0.6) is 5.75 Å². The highest BCUT2D eigenvalue weighted by Gasteiger charge is 2.31. The number of thiazole rings is 1. The number of anilines is 1. The number of ether oxygens (including phenoxy) is 1. The molecule has 0 spiro atoms. The van der Waals surface area contributed by atoms with Gasteiger partial charge in [-0.1, -0.05) is 0 Å². The molecule has 21 heavy (non-hydrogen) atoms. The van der Waals surface area contributed by atoms with Crippen molar-refractivity contribution in [3.63, 3.8) is 0 Å². The van der Waals surface area contributed by atoms with Crippen LogP contribution in [-0.4, -0.2) is 30.2 Å². The number of aryl methyl sites for hydroxylation is 1. The van der Waals surface area contributed by atoms with Crippen LogP contribution in [0, 0.1) is 6.92 Å². The molecule has 3 rings (SSSR count). The van der Waals surface area contributed by atoms with E-state index in [0.29, 0.717) is 11.4 Å². The Morgan fingerprint density at radius 1 is 1.48 bits per heavy atom. The number of fused-ring (bicyclic) bond motifs is 1. The van der Waals surface area contributed by atoms with E-state index < -0.39 is 12.8 Å². The van der Waals surface area contributed by atoms with Gasteiger partial charge in [0.15, 0.2) is 6.10 Å². The zero-order chi connectivity index (χ0) is 15.0. The third-order valence-corrected chi connectivity index (χ3v) is 4.16. The van der Waals surface area contributed by atoms with Gasteiger partial charge in [0.25, 0.3) is 5.91 Å². The lowest BCUT2D eigenvalue weighted by atomic mass is 10.1. The smallest absolute Gasteiger partial charge is 0.267 e. The van der Waals surface area contributed by atoms with Crippen molar-refractivity contribution in [2.75, 3.05) is 18.1 Å². The first kappa shape index (κ1) is 14.0. The summed E-state index contributed by atoms with van der Waals surface area (Å²) in [7, 11) is 0. The third kappa shape index (κ3) is 2.51. The molecule has 0 radical (unpaired) electrons. The van der Waals surface area contributed by atoms with Crippen molar-refractivity contribution >= 4 is 22.9 Å². The van der Waals surface area contributed by atoms with Crippen LogP contribution in [0.2, 0.25) is 0 Å². The molecule has 6 heteroatoms. The second kappa shape index (κ2) is 5.44. The van der Waals surface area contributed by atoms with Crippen molar-refractivity contribution in [1.82, 2.24) is 4.98 Å². The molecular formula is C15H15FN2O2S. The molecular weight excluding hydrogens is 291 g/mol. The maximum atomic E-state index is 12.8. The molecule has 0 saturated heterocycles. The minimum absolute atomic E-state index is 0.0408. The van der Waals surface area contributed by atoms with Gasteiger partial charge in [0.05, 0.1) is 22.9 Å². The zero-order valence-corrected chi connectivity index (χ0v) is 12.6. The van der Waals surface area contributed by atoms with Gasteiger partial charge in [-0.25, -0.2) is 9.37 Å². The van der Waals surface area contributed by atoms with Crippen molar-refractivity contribution in [1.29, 1.82) is 0 Å². The van der Waals surface area contributed by atoms with Crippen molar-refractivity contribution < 1.29 is 13.9 Å². The van der Waals surface area contributed by atoms with E-state index >= 15 is 0 Å². The molecule has 0 N–H and O–H groups in total. The summed E-state index contributed by atoms with van der Waals surface area (Å²) < 4.78 is 18.3. The first-order chi connectivity index (χ1) is 10.1. The quantitative estimate of drug-likeness (QED) is 0.874. The molecule has 110 valence electrons. The predicted octanol–water partition coefficient (Wildman–Crippen LogP) is 3.20. The van der Waals surface area contributed by atoms with Crippen molar-refractivity contribution in [2.45, 2.75) is 20.0 Å². The van der Waals surface area contributed by atoms with Gasteiger partial charge in [0.2, 0.25) is 0 Å². The molecule has 0 bridgehead atoms. The number of rotatable bonds is 3. The molecule has 1 aliphatic rings. The van der Waals surface area contributed by atoms with E-state index in [1.54, 1.807) is 18.3 Å². The second-order valence-corrected chi connectivity index (χ2v) is 5.94. The fraction of sp³-hybridized carbons (Fsp3) is 0.333. The Morgan fingerprint density at radius 2 is 2.29 bits per heavy atom. The molecule has 0 aliphatic carbocycles. The van der Waals surface area contributed by atoms with E-state index in [0.717, 1.165) is 16.3 Å². The lowest BCUT2D eigenvalue weighted by Crippen LogP contribution is -2.45. The van der Waals surface area contributed by atoms with Crippen LogP contribution in [0.25, 0.3) is 11.3 Å². The maximum absolute atomic E-state index is 12.8. The lowest BCUT2D eigenvalue weighted by Gasteiger charge is -2.32. The first-order valence-electron chi connectivity index (χ1n) is 6.70. The molecule has 1 amide bonds. The van der Waals surface area contributed by atoms with Gasteiger partial charge in [0.1, 0.15) is 12.4 Å². The fourth-order valence-corrected chi connectivity index (χ4v) is 3.00. The number of hydrogen-bond acceptors (Lipinski definition) is 4. The normalized spacial score (nSPS) is 17.6. The predicted molar refractivity (Wildman–Crippen MR) is 80.7 cm³/mol. The van der Waals surface area contributed by atoms with E-state index in [4.69, 9.17) is 4.74 Å². The largest absolute Gasteiger partial charge is 0.479 e. The van der Waals surface area contributed by atoms with E-state index in [2.05, 4.69) is 4.98 Å². The van der Waals surface area contributed by atoms with Gasteiger partial charge in [-0.15, -0.1) is 11.3 Å². The highest BCUT2D eigenvalue weighted by atomic mass is 32.1. The van der Waals surface area contributed by atoms with Crippen molar-refractivity contribution in [3.8, 4) is 17.0 Å². The summed E-state index contributed by atoms with van der Waals surface area (Å²) in [6.07, 6.45) is -0.587. The Morgan fingerprint density at radius 3 is 2.95 bits per heavy atom. The molecule has 0 fully saturated rings. The van der Waals surface area contributed by atoms with E-state index in [9.17, 15) is 9.18 Å². The van der Waals surface area contributed by atoms with Crippen molar-refractivity contribution in [2.24, 2.45) is 0 Å². The molecule has 2 aromatic rings. The highest BCUT2D eigenvalue weighted by Crippen LogP contribution is 2.37. The Labute approximate surface area is 126 Å². The van der Waals surface area contributed by atoms with Crippen LogP contribution < -0.4 is 9.64 Å². The molecule has 2 heterocycles. The number of carbonyl (C=O) groups is 1. The Kier molecular flexibility index (Phi) is 3.63. The summed E-state index contributed by atoms with van der Waals surface area (Å²) in [5, 5.41) is 2.94. The number of alkyl halides is 1. The average Bonchev–Trinajstić information content (AvgIpc) is 2.90. The first-order valence-corrected chi connectivity index (χ1v) is 7.58.